The van der Waals surface area contributed by atoms with Crippen LogP contribution in [0.4, 0.5) is 0 Å². The molecule has 0 amide bonds. The van der Waals surface area contributed by atoms with E-state index in [-0.39, 0.29) is 34.1 Å². The molecule has 6 rings (SSSR count). The smallest absolute Gasteiger partial charge is 0.753 e. The summed E-state index contributed by atoms with van der Waals surface area (Å²) in [6.07, 6.45) is 7.34. The molecular formula is C40H34Fe2N12S4+2. The second kappa shape index (κ2) is 34.1. The number of hydrogen-bond acceptors (Lipinski definition) is 12. The molecule has 0 bridgehead atoms. The summed E-state index contributed by atoms with van der Waals surface area (Å²) < 4.78 is 0. The molecule has 0 atom stereocenters. The summed E-state index contributed by atoms with van der Waals surface area (Å²) in [5.74, 6) is 0.712. The molecule has 0 aliphatic heterocycles. The van der Waals surface area contributed by atoms with Crippen LogP contribution < -0.4 is 0 Å². The molecule has 1 aromatic carbocycles. The van der Waals surface area contributed by atoms with Gasteiger partial charge in [0, 0.05) is 69.6 Å². The third kappa shape index (κ3) is 22.7. The van der Waals surface area contributed by atoms with Crippen LogP contribution in [0.15, 0.2) is 134 Å². The van der Waals surface area contributed by atoms with E-state index in [2.05, 4.69) is 121 Å². The molecule has 0 spiro atoms. The molecule has 0 unspecified atom stereocenters. The average Bonchev–Trinajstić information content (AvgIpc) is 3.21. The van der Waals surface area contributed by atoms with Gasteiger partial charge in [0.15, 0.2) is 5.82 Å². The van der Waals surface area contributed by atoms with E-state index < -0.39 is 0 Å². The van der Waals surface area contributed by atoms with Gasteiger partial charge >= 0.3 is 34.1 Å². The van der Waals surface area contributed by atoms with Gasteiger partial charge in [-0.05, 0) is 54.6 Å². The number of isothiocyanates is 4. The Morgan fingerprint density at radius 3 is 0.914 bits per heavy atom. The molecule has 0 aliphatic carbocycles. The van der Waals surface area contributed by atoms with Crippen molar-refractivity contribution < 1.29 is 34.1 Å². The maximum Gasteiger partial charge on any atom is 3.00 e. The maximum absolute atomic E-state index is 7.13. The third-order valence-electron chi connectivity index (χ3n) is 7.08. The minimum atomic E-state index is 0. The van der Waals surface area contributed by atoms with Gasteiger partial charge in [0.05, 0.1) is 34.2 Å². The summed E-state index contributed by atoms with van der Waals surface area (Å²) in [6, 6.07) is 36.4. The number of aromatic nitrogens is 6. The minimum absolute atomic E-state index is 0. The van der Waals surface area contributed by atoms with Crippen LogP contribution in [-0.4, -0.2) is 60.3 Å². The second-order valence-corrected chi connectivity index (χ2v) is 11.7. The fourth-order valence-electron chi connectivity index (χ4n) is 5.11. The van der Waals surface area contributed by atoms with Gasteiger partial charge < -0.3 is 21.6 Å². The van der Waals surface area contributed by atoms with E-state index in [4.69, 9.17) is 31.6 Å². The van der Waals surface area contributed by atoms with E-state index in [1.807, 2.05) is 91.5 Å². The Bertz CT molecular complexity index is 1880. The van der Waals surface area contributed by atoms with Crippen LogP contribution in [-0.2, 0) is 73.4 Å². The van der Waals surface area contributed by atoms with Crippen molar-refractivity contribution in [2.45, 2.75) is 39.3 Å². The first-order valence-corrected chi connectivity index (χ1v) is 18.1. The first kappa shape index (κ1) is 53.1. The number of benzene rings is 1. The fraction of sp³-hybridized carbons (Fsp3) is 0.150. The molecule has 0 fully saturated rings. The van der Waals surface area contributed by atoms with Gasteiger partial charge in [-0.2, -0.15) is 20.6 Å². The van der Waals surface area contributed by atoms with Crippen molar-refractivity contribution in [2.24, 2.45) is 0 Å². The van der Waals surface area contributed by atoms with E-state index in [0.29, 0.717) is 45.1 Å². The van der Waals surface area contributed by atoms with E-state index >= 15 is 0 Å². The Morgan fingerprint density at radius 2 is 0.655 bits per heavy atom. The molecule has 5 aromatic heterocycles. The average molecular weight is 923 g/mol. The van der Waals surface area contributed by atoms with Crippen molar-refractivity contribution in [3.63, 3.8) is 0 Å². The second-order valence-electron chi connectivity index (χ2n) is 11.0. The zero-order valence-corrected chi connectivity index (χ0v) is 36.1. The predicted molar refractivity (Wildman–Crippen MR) is 234 cm³/mol. The Balaban J connectivity index is 0.00000208. The zero-order chi connectivity index (χ0) is 40.6. The van der Waals surface area contributed by atoms with E-state index in [1.165, 1.54) is 20.6 Å². The summed E-state index contributed by atoms with van der Waals surface area (Å²) in [5.41, 5.74) is 6.86. The van der Waals surface area contributed by atoms with Crippen molar-refractivity contribution in [3.8, 4) is 11.4 Å². The largest absolute Gasteiger partial charge is 3.00 e. The van der Waals surface area contributed by atoms with Crippen molar-refractivity contribution in [2.75, 3.05) is 0 Å². The summed E-state index contributed by atoms with van der Waals surface area (Å²) in [6.45, 7) is 3.91. The van der Waals surface area contributed by atoms with Crippen LogP contribution in [0.2, 0.25) is 0 Å². The third-order valence-corrected chi connectivity index (χ3v) is 7.08. The Morgan fingerprint density at radius 1 is 0.397 bits per heavy atom. The van der Waals surface area contributed by atoms with Gasteiger partial charge in [-0.25, -0.2) is 9.97 Å². The molecule has 5 heterocycles. The maximum atomic E-state index is 7.13. The normalized spacial score (nSPS) is 9.07. The van der Waals surface area contributed by atoms with Gasteiger partial charge in [0.1, 0.15) is 0 Å². The van der Waals surface area contributed by atoms with Crippen LogP contribution in [0.25, 0.3) is 33.0 Å². The monoisotopic (exact) mass is 922 g/mol. The van der Waals surface area contributed by atoms with E-state index in [1.54, 1.807) is 0 Å². The number of nitrogens with zero attached hydrogens (tertiary/aromatic N) is 12. The van der Waals surface area contributed by atoms with Crippen molar-refractivity contribution in [1.29, 1.82) is 0 Å². The van der Waals surface area contributed by atoms with Crippen LogP contribution in [0.5, 0.6) is 0 Å². The molecule has 0 aliphatic rings. The first-order chi connectivity index (χ1) is 27.4. The van der Waals surface area contributed by atoms with E-state index in [9.17, 15) is 0 Å². The van der Waals surface area contributed by atoms with Gasteiger partial charge in [0.25, 0.3) is 0 Å². The predicted octanol–water partition coefficient (Wildman–Crippen LogP) is 8.76. The van der Waals surface area contributed by atoms with Gasteiger partial charge in [-0.3, -0.25) is 29.7 Å². The number of rotatable bonds is 13. The SMILES string of the molecule is [Fe+3].[Fe+3].[N-]=C=S.[N-]=C=S.[N-]=C=S.[N-]=C=S.c1ccc(-c2nc(CN(Cc3ccccn3)Cc3ccccn3)cc(CN(Cc3ccccn3)Cc3ccccn3)n2)cc1. The minimum Gasteiger partial charge on any atom is -0.753 e. The fourth-order valence-corrected chi connectivity index (χ4v) is 5.11. The summed E-state index contributed by atoms with van der Waals surface area (Å²) >= 11 is 14.8. The summed E-state index contributed by atoms with van der Waals surface area (Å²) in [7, 11) is 0. The molecular weight excluding hydrogens is 888 g/mol. The molecule has 58 heavy (non-hydrogen) atoms. The van der Waals surface area contributed by atoms with Crippen LogP contribution >= 0.6 is 48.9 Å². The first-order valence-electron chi connectivity index (χ1n) is 16.4. The van der Waals surface area contributed by atoms with Crippen molar-refractivity contribution in [3.05, 3.63) is 190 Å². The summed E-state index contributed by atoms with van der Waals surface area (Å²) in [4.78, 5) is 33.1. The van der Waals surface area contributed by atoms with Gasteiger partial charge in [0.2, 0.25) is 0 Å². The van der Waals surface area contributed by atoms with Crippen LogP contribution in [0.1, 0.15) is 34.2 Å². The Kier molecular flexibility index (Phi) is 31.2. The van der Waals surface area contributed by atoms with Gasteiger partial charge in [-0.15, -0.1) is 0 Å². The number of pyridine rings is 4. The molecule has 2 radical (unpaired) electrons. The Hall–Kier alpha value is -4.94. The summed E-state index contributed by atoms with van der Waals surface area (Å²) in [5, 5.41) is 33.9. The van der Waals surface area contributed by atoms with E-state index in [0.717, 1.165) is 39.7 Å². The number of hydrogen-bond donors (Lipinski definition) is 0. The molecule has 12 nitrogen and oxygen atoms in total. The molecule has 18 heteroatoms. The zero-order valence-electron chi connectivity index (χ0n) is 30.7. The van der Waals surface area contributed by atoms with Crippen molar-refractivity contribution in [1.82, 2.24) is 39.7 Å². The molecule has 0 saturated heterocycles. The van der Waals surface area contributed by atoms with Crippen LogP contribution in [0.3, 0.4) is 0 Å². The molecule has 0 N–H and O–H groups in total. The van der Waals surface area contributed by atoms with Crippen LogP contribution in [0, 0.1) is 0 Å². The standard InChI is InChI=1S/C36H34N8.4CNS.2Fe/c1-2-12-29(13-3-1)36-41-34(27-43(23-30-14-4-8-18-37-30)24-31-15-5-9-19-38-31)22-35(42-36)28-44(25-32-16-6-10-20-39-32)26-33-17-7-11-21-40-33;4*2-1-3;;/h1-22H,23-28H2;;;;;;/q;4*-1;2*+3. The Labute approximate surface area is 381 Å². The quantitative estimate of drug-likeness (QED) is 0.0613. The molecule has 6 aromatic rings. The van der Waals surface area contributed by atoms with Gasteiger partial charge in [-0.1, -0.05) is 103 Å². The molecule has 292 valence electrons. The van der Waals surface area contributed by atoms with Crippen molar-refractivity contribution >= 4 is 69.5 Å². The number of thiocarbonyl (C=S) groups is 4. The molecule has 0 saturated carbocycles. The topological polar surface area (TPSA) is 173 Å².